The number of hydrogen-bond donors (Lipinski definition) is 0. The molecule has 3 heteroatoms. The van der Waals surface area contributed by atoms with Crippen LogP contribution in [0.2, 0.25) is 5.02 Å². The van der Waals surface area contributed by atoms with Crippen molar-refractivity contribution in [2.45, 2.75) is 26.6 Å². The molecule has 0 aromatic heterocycles. The third kappa shape index (κ3) is 2.57. The van der Waals surface area contributed by atoms with E-state index in [4.69, 9.17) is 21.1 Å². The van der Waals surface area contributed by atoms with Gasteiger partial charge in [-0.15, -0.1) is 0 Å². The molecule has 2 nitrogen and oxygen atoms in total. The summed E-state index contributed by atoms with van der Waals surface area (Å²) in [5.41, 5.74) is 1.13. The van der Waals surface area contributed by atoms with E-state index in [0.29, 0.717) is 13.2 Å². The number of ether oxygens (including phenoxy) is 2. The molecule has 1 atom stereocenters. The topological polar surface area (TPSA) is 18.5 Å². The van der Waals surface area contributed by atoms with Crippen molar-refractivity contribution in [2.75, 3.05) is 13.2 Å². The molecule has 1 aromatic carbocycles. The first-order chi connectivity index (χ1) is 7.59. The van der Waals surface area contributed by atoms with Crippen LogP contribution in [0.5, 0.6) is 0 Å². The molecule has 1 aliphatic heterocycles. The van der Waals surface area contributed by atoms with Crippen molar-refractivity contribution in [3.63, 3.8) is 0 Å². The van der Waals surface area contributed by atoms with Crippen LogP contribution in [-0.4, -0.2) is 19.3 Å². The largest absolute Gasteiger partial charge is 0.378 e. The highest BCUT2D eigenvalue weighted by atomic mass is 35.5. The molecule has 0 aliphatic carbocycles. The Balaban J connectivity index is 1.95. The summed E-state index contributed by atoms with van der Waals surface area (Å²) in [6, 6.07) is 7.77. The summed E-state index contributed by atoms with van der Waals surface area (Å²) in [7, 11) is 0. The minimum atomic E-state index is 0.0985. The summed E-state index contributed by atoms with van der Waals surface area (Å²) in [5.74, 6) is 0. The minimum Gasteiger partial charge on any atom is -0.378 e. The van der Waals surface area contributed by atoms with Gasteiger partial charge in [0, 0.05) is 10.4 Å². The van der Waals surface area contributed by atoms with Crippen molar-refractivity contribution in [1.29, 1.82) is 0 Å². The first-order valence-electron chi connectivity index (χ1n) is 5.52. The standard InChI is InChI=1S/C13H17ClO2/c1-13(2)9-15-8-12(13)16-7-10-5-3-4-6-11(10)14/h3-6,12H,7-9H2,1-2H3. The van der Waals surface area contributed by atoms with E-state index in [1.807, 2.05) is 24.3 Å². The van der Waals surface area contributed by atoms with Crippen LogP contribution in [0.15, 0.2) is 24.3 Å². The van der Waals surface area contributed by atoms with E-state index in [1.54, 1.807) is 0 Å². The van der Waals surface area contributed by atoms with Crippen molar-refractivity contribution in [3.8, 4) is 0 Å². The van der Waals surface area contributed by atoms with Gasteiger partial charge in [-0.2, -0.15) is 0 Å². The fraction of sp³-hybridized carbons (Fsp3) is 0.538. The van der Waals surface area contributed by atoms with Crippen molar-refractivity contribution < 1.29 is 9.47 Å². The third-order valence-electron chi connectivity index (χ3n) is 3.01. The quantitative estimate of drug-likeness (QED) is 0.807. The maximum atomic E-state index is 6.07. The molecular weight excluding hydrogens is 224 g/mol. The number of halogens is 1. The smallest absolute Gasteiger partial charge is 0.0885 e. The highest BCUT2D eigenvalue weighted by molar-refractivity contribution is 6.31. The van der Waals surface area contributed by atoms with Crippen LogP contribution in [0, 0.1) is 5.41 Å². The monoisotopic (exact) mass is 240 g/mol. The molecule has 88 valence electrons. The Kier molecular flexibility index (Phi) is 3.53. The molecule has 0 bridgehead atoms. The van der Waals surface area contributed by atoms with E-state index in [1.165, 1.54) is 0 Å². The lowest BCUT2D eigenvalue weighted by molar-refractivity contribution is -0.00858. The Morgan fingerprint density at radius 2 is 2.19 bits per heavy atom. The van der Waals surface area contributed by atoms with E-state index in [0.717, 1.165) is 17.2 Å². The molecule has 1 aliphatic rings. The van der Waals surface area contributed by atoms with Crippen LogP contribution < -0.4 is 0 Å². The van der Waals surface area contributed by atoms with E-state index >= 15 is 0 Å². The molecule has 0 N–H and O–H groups in total. The number of hydrogen-bond acceptors (Lipinski definition) is 2. The number of benzene rings is 1. The average molecular weight is 241 g/mol. The van der Waals surface area contributed by atoms with Gasteiger partial charge in [0.05, 0.1) is 25.9 Å². The molecule has 1 heterocycles. The van der Waals surface area contributed by atoms with Gasteiger partial charge in [0.15, 0.2) is 0 Å². The van der Waals surface area contributed by atoms with Gasteiger partial charge in [0.1, 0.15) is 0 Å². The molecular formula is C13H17ClO2. The van der Waals surface area contributed by atoms with Crippen LogP contribution in [0.1, 0.15) is 19.4 Å². The summed E-state index contributed by atoms with van der Waals surface area (Å²) >= 11 is 6.07. The Bertz CT molecular complexity index is 363. The van der Waals surface area contributed by atoms with Gasteiger partial charge in [0.25, 0.3) is 0 Å². The van der Waals surface area contributed by atoms with Gasteiger partial charge < -0.3 is 9.47 Å². The predicted octanol–water partition coefficient (Wildman–Crippen LogP) is 3.28. The van der Waals surface area contributed by atoms with Crippen molar-refractivity contribution in [2.24, 2.45) is 5.41 Å². The normalized spacial score (nSPS) is 23.6. The Morgan fingerprint density at radius 1 is 1.44 bits per heavy atom. The van der Waals surface area contributed by atoms with Gasteiger partial charge in [0.2, 0.25) is 0 Å². The zero-order chi connectivity index (χ0) is 11.6. The molecule has 1 fully saturated rings. The molecule has 1 unspecified atom stereocenters. The zero-order valence-corrected chi connectivity index (χ0v) is 10.5. The van der Waals surface area contributed by atoms with Gasteiger partial charge in [-0.3, -0.25) is 0 Å². The van der Waals surface area contributed by atoms with Crippen molar-refractivity contribution >= 4 is 11.6 Å². The van der Waals surface area contributed by atoms with Gasteiger partial charge in [-0.05, 0) is 11.6 Å². The second kappa shape index (κ2) is 4.74. The molecule has 2 rings (SSSR count). The van der Waals surface area contributed by atoms with E-state index in [-0.39, 0.29) is 11.5 Å². The predicted molar refractivity (Wildman–Crippen MR) is 64.6 cm³/mol. The van der Waals surface area contributed by atoms with Crippen molar-refractivity contribution in [3.05, 3.63) is 34.9 Å². The molecule has 0 spiro atoms. The molecule has 16 heavy (non-hydrogen) atoms. The van der Waals surface area contributed by atoms with E-state index < -0.39 is 0 Å². The van der Waals surface area contributed by atoms with E-state index in [9.17, 15) is 0 Å². The summed E-state index contributed by atoms with van der Waals surface area (Å²) in [6.07, 6.45) is 0.156. The Hall–Kier alpha value is -0.570. The molecule has 0 radical (unpaired) electrons. The second-order valence-corrected chi connectivity index (χ2v) is 5.30. The van der Waals surface area contributed by atoms with Crippen LogP contribution in [0.3, 0.4) is 0 Å². The average Bonchev–Trinajstić information content (AvgIpc) is 2.57. The maximum absolute atomic E-state index is 6.07. The first-order valence-corrected chi connectivity index (χ1v) is 5.90. The lowest BCUT2D eigenvalue weighted by Gasteiger charge is -2.24. The molecule has 0 amide bonds. The highest BCUT2D eigenvalue weighted by Gasteiger charge is 2.36. The fourth-order valence-electron chi connectivity index (χ4n) is 1.83. The summed E-state index contributed by atoms with van der Waals surface area (Å²) in [5, 5.41) is 0.763. The van der Waals surface area contributed by atoms with Gasteiger partial charge in [-0.25, -0.2) is 0 Å². The molecule has 1 aromatic rings. The minimum absolute atomic E-state index is 0.0985. The van der Waals surface area contributed by atoms with Gasteiger partial charge in [-0.1, -0.05) is 43.6 Å². The van der Waals surface area contributed by atoms with Crippen molar-refractivity contribution in [1.82, 2.24) is 0 Å². The lowest BCUT2D eigenvalue weighted by Crippen LogP contribution is -2.30. The summed E-state index contributed by atoms with van der Waals surface area (Å²) in [4.78, 5) is 0. The second-order valence-electron chi connectivity index (χ2n) is 4.89. The van der Waals surface area contributed by atoms with Crippen LogP contribution in [0.4, 0.5) is 0 Å². The van der Waals surface area contributed by atoms with Crippen LogP contribution >= 0.6 is 11.6 Å². The zero-order valence-electron chi connectivity index (χ0n) is 9.70. The Morgan fingerprint density at radius 3 is 2.81 bits per heavy atom. The third-order valence-corrected chi connectivity index (χ3v) is 3.38. The van der Waals surface area contributed by atoms with E-state index in [2.05, 4.69) is 13.8 Å². The summed E-state index contributed by atoms with van der Waals surface area (Å²) in [6.45, 7) is 6.32. The van der Waals surface area contributed by atoms with Crippen LogP contribution in [-0.2, 0) is 16.1 Å². The highest BCUT2D eigenvalue weighted by Crippen LogP contribution is 2.31. The SMILES string of the molecule is CC1(C)COCC1OCc1ccccc1Cl. The van der Waals surface area contributed by atoms with Gasteiger partial charge >= 0.3 is 0 Å². The Labute approximate surface area is 102 Å². The number of rotatable bonds is 3. The molecule has 1 saturated heterocycles. The first kappa shape index (κ1) is 11.9. The summed E-state index contributed by atoms with van der Waals surface area (Å²) < 4.78 is 11.3. The van der Waals surface area contributed by atoms with Crippen LogP contribution in [0.25, 0.3) is 0 Å². The maximum Gasteiger partial charge on any atom is 0.0885 e. The lowest BCUT2D eigenvalue weighted by atomic mass is 9.90. The molecule has 0 saturated carbocycles. The fourth-order valence-corrected chi connectivity index (χ4v) is 2.02.